The average molecular weight is 354 g/mol. The second kappa shape index (κ2) is 11.8. The number of ether oxygens (including phenoxy) is 1. The molecule has 0 aliphatic heterocycles. The molecule has 142 valence electrons. The van der Waals surface area contributed by atoms with Gasteiger partial charge in [0.2, 0.25) is 0 Å². The molecule has 0 N–H and O–H groups in total. The maximum Gasteiger partial charge on any atom is 0.0991 e. The molecule has 1 aliphatic rings. The normalized spacial score (nSPS) is 21.4. The van der Waals surface area contributed by atoms with Crippen molar-refractivity contribution >= 4 is 0 Å². The minimum Gasteiger partial charge on any atom is -0.499 e. The van der Waals surface area contributed by atoms with Crippen LogP contribution in [-0.4, -0.2) is 6.10 Å². The van der Waals surface area contributed by atoms with Gasteiger partial charge in [0.1, 0.15) is 0 Å². The molecule has 1 unspecified atom stereocenters. The van der Waals surface area contributed by atoms with Gasteiger partial charge in [-0.2, -0.15) is 5.26 Å². The summed E-state index contributed by atoms with van der Waals surface area (Å²) in [6.45, 7) is 4.43. The van der Waals surface area contributed by atoms with Crippen LogP contribution in [0.25, 0.3) is 0 Å². The van der Waals surface area contributed by atoms with E-state index < -0.39 is 0 Å². The monoisotopic (exact) mass is 353 g/mol. The Kier molecular flexibility index (Phi) is 9.32. The number of allylic oxidation sites excluding steroid dienone is 1. The quantitative estimate of drug-likeness (QED) is 0.331. The van der Waals surface area contributed by atoms with Gasteiger partial charge in [0.05, 0.1) is 24.0 Å². The van der Waals surface area contributed by atoms with Gasteiger partial charge < -0.3 is 4.74 Å². The Balaban J connectivity index is 1.61. The second-order valence-electron chi connectivity index (χ2n) is 7.84. The number of hydrogen-bond donors (Lipinski definition) is 0. The van der Waals surface area contributed by atoms with Gasteiger partial charge in [-0.05, 0) is 93.9 Å². The fourth-order valence-corrected chi connectivity index (χ4v) is 3.92. The Morgan fingerprint density at radius 1 is 1.15 bits per heavy atom. The number of nitriles is 1. The summed E-state index contributed by atoms with van der Waals surface area (Å²) < 4.78 is 5.82. The smallest absolute Gasteiger partial charge is 0.0991 e. The molecule has 2 heteroatoms. The van der Waals surface area contributed by atoms with Crippen LogP contribution in [-0.2, 0) is 4.74 Å². The lowest BCUT2D eigenvalue weighted by atomic mass is 9.77. The van der Waals surface area contributed by atoms with Crippen molar-refractivity contribution in [1.82, 2.24) is 0 Å². The van der Waals surface area contributed by atoms with Gasteiger partial charge in [-0.1, -0.05) is 31.9 Å². The van der Waals surface area contributed by atoms with Crippen molar-refractivity contribution in [2.24, 2.45) is 5.92 Å². The second-order valence-corrected chi connectivity index (χ2v) is 7.84. The number of rotatable bonds is 10. The first-order valence-corrected chi connectivity index (χ1v) is 10.5. The zero-order chi connectivity index (χ0) is 18.6. The lowest BCUT2D eigenvalue weighted by Crippen LogP contribution is -2.15. The molecule has 1 fully saturated rings. The SMILES string of the molecule is CCCCC/C=C/OC(C)CCC1CCC(c2ccc(C#N)cc2)CC1. The van der Waals surface area contributed by atoms with E-state index in [1.165, 1.54) is 56.9 Å². The predicted octanol–water partition coefficient (Wildman–Crippen LogP) is 7.11. The molecule has 26 heavy (non-hydrogen) atoms. The molecule has 0 heterocycles. The van der Waals surface area contributed by atoms with Crippen molar-refractivity contribution in [2.45, 2.75) is 90.1 Å². The molecule has 1 atom stereocenters. The summed E-state index contributed by atoms with van der Waals surface area (Å²) >= 11 is 0. The zero-order valence-corrected chi connectivity index (χ0v) is 16.6. The van der Waals surface area contributed by atoms with E-state index in [4.69, 9.17) is 10.00 Å². The van der Waals surface area contributed by atoms with Crippen LogP contribution in [0.1, 0.15) is 95.1 Å². The molecular weight excluding hydrogens is 318 g/mol. The first-order chi connectivity index (χ1) is 12.7. The molecule has 0 aromatic heterocycles. The Bertz CT molecular complexity index is 561. The highest BCUT2D eigenvalue weighted by Gasteiger charge is 2.22. The summed E-state index contributed by atoms with van der Waals surface area (Å²) in [6.07, 6.45) is 17.1. The molecule has 0 amide bonds. The molecule has 2 nitrogen and oxygen atoms in total. The highest BCUT2D eigenvalue weighted by atomic mass is 16.5. The van der Waals surface area contributed by atoms with Gasteiger partial charge in [-0.3, -0.25) is 0 Å². The third-order valence-corrected chi connectivity index (χ3v) is 5.72. The largest absolute Gasteiger partial charge is 0.499 e. The van der Waals surface area contributed by atoms with Crippen molar-refractivity contribution in [3.8, 4) is 6.07 Å². The molecule has 1 aliphatic carbocycles. The zero-order valence-electron chi connectivity index (χ0n) is 16.6. The third kappa shape index (κ3) is 7.24. The van der Waals surface area contributed by atoms with Crippen molar-refractivity contribution in [2.75, 3.05) is 0 Å². The first kappa shape index (κ1) is 20.6. The standard InChI is InChI=1S/C24H35NO/c1-3-4-5-6-7-18-26-20(2)8-9-21-10-14-23(15-11-21)24-16-12-22(19-25)13-17-24/h7,12-13,16-18,20-21,23H,3-6,8-11,14-15H2,1-2H3/b18-7+. The minimum atomic E-state index is 0.327. The fraction of sp³-hybridized carbons (Fsp3) is 0.625. The molecule has 1 saturated carbocycles. The van der Waals surface area contributed by atoms with Crippen LogP contribution >= 0.6 is 0 Å². The van der Waals surface area contributed by atoms with Crippen molar-refractivity contribution in [1.29, 1.82) is 5.26 Å². The summed E-state index contributed by atoms with van der Waals surface area (Å²) in [5, 5.41) is 8.92. The Morgan fingerprint density at radius 2 is 1.88 bits per heavy atom. The maximum absolute atomic E-state index is 8.92. The summed E-state index contributed by atoms with van der Waals surface area (Å²) in [5.41, 5.74) is 2.17. The highest BCUT2D eigenvalue weighted by molar-refractivity contribution is 5.33. The van der Waals surface area contributed by atoms with Gasteiger partial charge in [0, 0.05) is 0 Å². The van der Waals surface area contributed by atoms with Crippen molar-refractivity contribution in [3.05, 3.63) is 47.7 Å². The molecule has 2 rings (SSSR count). The molecule has 1 aromatic rings. The van der Waals surface area contributed by atoms with E-state index in [0.29, 0.717) is 12.0 Å². The van der Waals surface area contributed by atoms with E-state index in [9.17, 15) is 0 Å². The fourth-order valence-electron chi connectivity index (χ4n) is 3.92. The molecule has 0 radical (unpaired) electrons. The molecule has 0 bridgehead atoms. The summed E-state index contributed by atoms with van der Waals surface area (Å²) in [7, 11) is 0. The molecule has 0 spiro atoms. The van der Waals surface area contributed by atoms with Crippen LogP contribution in [0.4, 0.5) is 0 Å². The Hall–Kier alpha value is -1.75. The van der Waals surface area contributed by atoms with Crippen molar-refractivity contribution < 1.29 is 4.74 Å². The maximum atomic E-state index is 8.92. The molecule has 0 saturated heterocycles. The Labute approximate surface area is 160 Å². The lowest BCUT2D eigenvalue weighted by Gasteiger charge is -2.29. The summed E-state index contributed by atoms with van der Waals surface area (Å²) in [6, 6.07) is 10.4. The van der Waals surface area contributed by atoms with E-state index in [1.807, 2.05) is 18.4 Å². The molecule has 1 aromatic carbocycles. The van der Waals surface area contributed by atoms with Crippen LogP contribution in [0, 0.1) is 17.2 Å². The van der Waals surface area contributed by atoms with Crippen molar-refractivity contribution in [3.63, 3.8) is 0 Å². The number of hydrogen-bond acceptors (Lipinski definition) is 2. The van der Waals surface area contributed by atoms with Gasteiger partial charge in [-0.25, -0.2) is 0 Å². The summed E-state index contributed by atoms with van der Waals surface area (Å²) in [4.78, 5) is 0. The average Bonchev–Trinajstić information content (AvgIpc) is 2.69. The predicted molar refractivity (Wildman–Crippen MR) is 109 cm³/mol. The van der Waals surface area contributed by atoms with Gasteiger partial charge >= 0.3 is 0 Å². The third-order valence-electron chi connectivity index (χ3n) is 5.72. The van der Waals surface area contributed by atoms with E-state index in [2.05, 4.69) is 38.1 Å². The van der Waals surface area contributed by atoms with Crippen LogP contribution < -0.4 is 0 Å². The van der Waals surface area contributed by atoms with E-state index in [-0.39, 0.29) is 0 Å². The van der Waals surface area contributed by atoms with Gasteiger partial charge in [0.15, 0.2) is 0 Å². The van der Waals surface area contributed by atoms with Crippen LogP contribution in [0.5, 0.6) is 0 Å². The number of nitrogens with zero attached hydrogens (tertiary/aromatic N) is 1. The Morgan fingerprint density at radius 3 is 2.54 bits per heavy atom. The lowest BCUT2D eigenvalue weighted by molar-refractivity contribution is 0.138. The van der Waals surface area contributed by atoms with Gasteiger partial charge in [0.25, 0.3) is 0 Å². The van der Waals surface area contributed by atoms with Crippen LogP contribution in [0.15, 0.2) is 36.6 Å². The minimum absolute atomic E-state index is 0.327. The van der Waals surface area contributed by atoms with E-state index in [1.54, 1.807) is 0 Å². The van der Waals surface area contributed by atoms with E-state index >= 15 is 0 Å². The number of benzene rings is 1. The van der Waals surface area contributed by atoms with E-state index in [0.717, 1.165) is 24.3 Å². The number of unbranched alkanes of at least 4 members (excludes halogenated alkanes) is 3. The highest BCUT2D eigenvalue weighted by Crippen LogP contribution is 2.37. The van der Waals surface area contributed by atoms with Crippen LogP contribution in [0.2, 0.25) is 0 Å². The summed E-state index contributed by atoms with van der Waals surface area (Å²) in [5.74, 6) is 1.53. The first-order valence-electron chi connectivity index (χ1n) is 10.5. The van der Waals surface area contributed by atoms with Gasteiger partial charge in [-0.15, -0.1) is 0 Å². The van der Waals surface area contributed by atoms with Crippen LogP contribution in [0.3, 0.4) is 0 Å². The molecular formula is C24H35NO. The topological polar surface area (TPSA) is 33.0 Å².